The molecular formula is C8H11F2NO. The number of hydrogen-bond acceptors (Lipinski definition) is 2. The van der Waals surface area contributed by atoms with Gasteiger partial charge in [-0.15, -0.1) is 0 Å². The highest BCUT2D eigenvalue weighted by atomic mass is 19.3. The average molecular weight is 175 g/mol. The standard InChI is InChI=1S/C8H11F2NO/c9-8(10)3-5-11(7-8)4-1-2-6-12/h1-2,6H,3-5,7H2/b2-1+. The van der Waals surface area contributed by atoms with Crippen LogP contribution >= 0.6 is 0 Å². The number of allylic oxidation sites excluding steroid dienone is 1. The molecule has 1 rings (SSSR count). The maximum Gasteiger partial charge on any atom is 0.261 e. The predicted octanol–water partition coefficient (Wildman–Crippen LogP) is 1.08. The van der Waals surface area contributed by atoms with Gasteiger partial charge in [0.1, 0.15) is 6.29 Å². The molecule has 1 saturated heterocycles. The molecule has 0 spiro atoms. The molecule has 2 nitrogen and oxygen atoms in total. The molecule has 4 heteroatoms. The van der Waals surface area contributed by atoms with Gasteiger partial charge >= 0.3 is 0 Å². The summed E-state index contributed by atoms with van der Waals surface area (Å²) in [6.07, 6.45) is 3.50. The van der Waals surface area contributed by atoms with Crippen LogP contribution in [0.5, 0.6) is 0 Å². The fraction of sp³-hybridized carbons (Fsp3) is 0.625. The molecule has 1 heterocycles. The molecule has 0 bridgehead atoms. The Hall–Kier alpha value is -0.770. The Balaban J connectivity index is 2.28. The number of carbonyl (C=O) groups excluding carboxylic acids is 1. The monoisotopic (exact) mass is 175 g/mol. The van der Waals surface area contributed by atoms with Crippen molar-refractivity contribution in [3.63, 3.8) is 0 Å². The average Bonchev–Trinajstić information content (AvgIpc) is 2.31. The van der Waals surface area contributed by atoms with Crippen LogP contribution in [0.1, 0.15) is 6.42 Å². The Morgan fingerprint density at radius 1 is 1.50 bits per heavy atom. The second-order valence-electron chi connectivity index (χ2n) is 2.91. The van der Waals surface area contributed by atoms with Gasteiger partial charge in [-0.05, 0) is 6.08 Å². The van der Waals surface area contributed by atoms with Gasteiger partial charge in [-0.1, -0.05) is 6.08 Å². The number of halogens is 2. The largest absolute Gasteiger partial charge is 0.299 e. The van der Waals surface area contributed by atoms with Crippen molar-refractivity contribution in [3.05, 3.63) is 12.2 Å². The van der Waals surface area contributed by atoms with Gasteiger partial charge in [-0.2, -0.15) is 0 Å². The molecule has 12 heavy (non-hydrogen) atoms. The van der Waals surface area contributed by atoms with Crippen molar-refractivity contribution in [2.45, 2.75) is 12.3 Å². The summed E-state index contributed by atoms with van der Waals surface area (Å²) in [6, 6.07) is 0. The first-order chi connectivity index (χ1) is 5.64. The van der Waals surface area contributed by atoms with Gasteiger partial charge in [0.05, 0.1) is 6.54 Å². The number of aldehydes is 1. The van der Waals surface area contributed by atoms with E-state index in [1.807, 2.05) is 0 Å². The molecule has 0 aliphatic carbocycles. The third-order valence-corrected chi connectivity index (χ3v) is 1.83. The Kier molecular flexibility index (Phi) is 2.92. The zero-order chi connectivity index (χ0) is 9.03. The van der Waals surface area contributed by atoms with Crippen molar-refractivity contribution in [3.8, 4) is 0 Å². The van der Waals surface area contributed by atoms with Gasteiger partial charge < -0.3 is 0 Å². The van der Waals surface area contributed by atoms with E-state index in [1.165, 1.54) is 6.08 Å². The van der Waals surface area contributed by atoms with Crippen LogP contribution in [0.3, 0.4) is 0 Å². The lowest BCUT2D eigenvalue weighted by Gasteiger charge is -2.11. The minimum absolute atomic E-state index is 0.0675. The normalized spacial score (nSPS) is 23.5. The molecule has 0 aromatic rings. The second kappa shape index (κ2) is 3.76. The molecule has 0 aromatic heterocycles. The molecule has 1 fully saturated rings. The highest BCUT2D eigenvalue weighted by Gasteiger charge is 2.37. The number of carbonyl (C=O) groups is 1. The summed E-state index contributed by atoms with van der Waals surface area (Å²) in [7, 11) is 0. The molecule has 0 amide bonds. The summed E-state index contributed by atoms with van der Waals surface area (Å²) in [4.78, 5) is 11.5. The lowest BCUT2D eigenvalue weighted by molar-refractivity contribution is -0.104. The highest BCUT2D eigenvalue weighted by Crippen LogP contribution is 2.26. The van der Waals surface area contributed by atoms with Gasteiger partial charge in [-0.25, -0.2) is 8.78 Å². The Morgan fingerprint density at radius 2 is 2.25 bits per heavy atom. The number of rotatable bonds is 3. The van der Waals surface area contributed by atoms with E-state index in [2.05, 4.69) is 0 Å². The number of alkyl halides is 2. The molecular weight excluding hydrogens is 164 g/mol. The lowest BCUT2D eigenvalue weighted by Crippen LogP contribution is -2.25. The van der Waals surface area contributed by atoms with E-state index in [9.17, 15) is 13.6 Å². The van der Waals surface area contributed by atoms with E-state index in [0.29, 0.717) is 19.4 Å². The van der Waals surface area contributed by atoms with Crippen LogP contribution in [-0.4, -0.2) is 36.7 Å². The molecule has 0 unspecified atom stereocenters. The van der Waals surface area contributed by atoms with Crippen molar-refractivity contribution in [2.24, 2.45) is 0 Å². The number of nitrogens with zero attached hydrogens (tertiary/aromatic N) is 1. The van der Waals surface area contributed by atoms with Crippen LogP contribution in [0.4, 0.5) is 8.78 Å². The highest BCUT2D eigenvalue weighted by molar-refractivity contribution is 5.64. The predicted molar refractivity (Wildman–Crippen MR) is 41.2 cm³/mol. The van der Waals surface area contributed by atoms with Gasteiger partial charge in [0, 0.05) is 19.5 Å². The zero-order valence-corrected chi connectivity index (χ0v) is 6.67. The molecule has 68 valence electrons. The molecule has 1 aliphatic heterocycles. The van der Waals surface area contributed by atoms with E-state index in [4.69, 9.17) is 0 Å². The van der Waals surface area contributed by atoms with Gasteiger partial charge in [0.15, 0.2) is 0 Å². The van der Waals surface area contributed by atoms with E-state index in [-0.39, 0.29) is 13.0 Å². The van der Waals surface area contributed by atoms with Crippen LogP contribution in [-0.2, 0) is 4.79 Å². The lowest BCUT2D eigenvalue weighted by atomic mass is 10.3. The minimum atomic E-state index is -2.53. The Bertz CT molecular complexity index is 191. The molecule has 0 N–H and O–H groups in total. The van der Waals surface area contributed by atoms with Crippen molar-refractivity contribution in [1.29, 1.82) is 0 Å². The summed E-state index contributed by atoms with van der Waals surface area (Å²) < 4.78 is 25.1. The third-order valence-electron chi connectivity index (χ3n) is 1.83. The summed E-state index contributed by atoms with van der Waals surface area (Å²) in [5.41, 5.74) is 0. The maximum absolute atomic E-state index is 12.6. The fourth-order valence-corrected chi connectivity index (χ4v) is 1.23. The van der Waals surface area contributed by atoms with Crippen LogP contribution < -0.4 is 0 Å². The first kappa shape index (κ1) is 9.32. The topological polar surface area (TPSA) is 20.3 Å². The molecule has 0 aromatic carbocycles. The summed E-state index contributed by atoms with van der Waals surface area (Å²) in [5, 5.41) is 0. The fourth-order valence-electron chi connectivity index (χ4n) is 1.23. The van der Waals surface area contributed by atoms with Crippen molar-refractivity contribution in [2.75, 3.05) is 19.6 Å². The smallest absolute Gasteiger partial charge is 0.261 e. The maximum atomic E-state index is 12.6. The van der Waals surface area contributed by atoms with Crippen LogP contribution in [0, 0.1) is 0 Å². The van der Waals surface area contributed by atoms with Crippen molar-refractivity contribution in [1.82, 2.24) is 4.90 Å². The van der Waals surface area contributed by atoms with E-state index >= 15 is 0 Å². The molecule has 0 radical (unpaired) electrons. The van der Waals surface area contributed by atoms with Crippen molar-refractivity contribution < 1.29 is 13.6 Å². The zero-order valence-electron chi connectivity index (χ0n) is 6.67. The van der Waals surface area contributed by atoms with Gasteiger partial charge in [0.25, 0.3) is 5.92 Å². The van der Waals surface area contributed by atoms with Crippen LogP contribution in [0.15, 0.2) is 12.2 Å². The summed E-state index contributed by atoms with van der Waals surface area (Å²) >= 11 is 0. The summed E-state index contributed by atoms with van der Waals surface area (Å²) in [5.74, 6) is -2.53. The first-order valence-corrected chi connectivity index (χ1v) is 3.84. The molecule has 0 atom stereocenters. The van der Waals surface area contributed by atoms with Gasteiger partial charge in [0.2, 0.25) is 0 Å². The van der Waals surface area contributed by atoms with Crippen LogP contribution in [0.25, 0.3) is 0 Å². The summed E-state index contributed by atoms with van der Waals surface area (Å²) in [6.45, 7) is 0.667. The molecule has 1 aliphatic rings. The number of hydrogen-bond donors (Lipinski definition) is 0. The second-order valence-corrected chi connectivity index (χ2v) is 2.91. The van der Waals surface area contributed by atoms with Gasteiger partial charge in [-0.3, -0.25) is 9.69 Å². The Labute approximate surface area is 69.9 Å². The van der Waals surface area contributed by atoms with E-state index < -0.39 is 5.92 Å². The van der Waals surface area contributed by atoms with E-state index in [1.54, 1.807) is 11.0 Å². The SMILES string of the molecule is O=C/C=C/CN1CCC(F)(F)C1. The van der Waals surface area contributed by atoms with Crippen molar-refractivity contribution >= 4 is 6.29 Å². The quantitative estimate of drug-likeness (QED) is 0.472. The Morgan fingerprint density at radius 3 is 2.75 bits per heavy atom. The van der Waals surface area contributed by atoms with E-state index in [0.717, 1.165) is 0 Å². The third kappa shape index (κ3) is 2.70. The minimum Gasteiger partial charge on any atom is -0.299 e. The molecule has 0 saturated carbocycles. The van der Waals surface area contributed by atoms with Crippen LogP contribution in [0.2, 0.25) is 0 Å². The first-order valence-electron chi connectivity index (χ1n) is 3.84. The number of likely N-dealkylation sites (tertiary alicyclic amines) is 1.